The number of allylic oxidation sites excluding steroid dienone is 2. The highest BCUT2D eigenvalue weighted by atomic mass is 16.5. The number of hydrogen-bond donors (Lipinski definition) is 6. The minimum absolute atomic E-state index is 0.0214. The van der Waals surface area contributed by atoms with Crippen LogP contribution in [0.3, 0.4) is 0 Å². The fraction of sp³-hybridized carbons (Fsp3) is 0.417. The van der Waals surface area contributed by atoms with Crippen LogP contribution in [0.2, 0.25) is 0 Å². The van der Waals surface area contributed by atoms with Crippen molar-refractivity contribution in [3.63, 3.8) is 0 Å². The summed E-state index contributed by atoms with van der Waals surface area (Å²) in [5.41, 5.74) is 2.43. The summed E-state index contributed by atoms with van der Waals surface area (Å²) in [5.74, 6) is -6.81. The summed E-state index contributed by atoms with van der Waals surface area (Å²) >= 11 is 0. The molecule has 0 aromatic heterocycles. The molecule has 0 radical (unpaired) electrons. The molecule has 0 bridgehead atoms. The lowest BCUT2D eigenvalue weighted by Gasteiger charge is -2.45. The largest absolute Gasteiger partial charge is 0.511 e. The van der Waals surface area contributed by atoms with Crippen molar-refractivity contribution in [3.05, 3.63) is 51.5 Å². The van der Waals surface area contributed by atoms with E-state index in [1.165, 1.54) is 6.07 Å². The van der Waals surface area contributed by atoms with Gasteiger partial charge in [-0.15, -0.1) is 0 Å². The molecule has 1 aromatic rings. The molecular weight excluding hydrogens is 460 g/mol. The van der Waals surface area contributed by atoms with Crippen molar-refractivity contribution in [2.24, 2.45) is 17.6 Å². The Balaban J connectivity index is 1.74. The minimum Gasteiger partial charge on any atom is -0.511 e. The number of amides is 2. The SMILES string of the molecule is CCCOC(=O)NCc1ccc(O)c2c1C[C@H]1C[C@H]3CC(O)=C(C(N)=O)C(=O)[C@@]3(O)C(O)=C1C2=O. The molecule has 2 amide bonds. The number of rotatable bonds is 5. The Bertz CT molecular complexity index is 1220. The topological polar surface area (TPSA) is 196 Å². The average Bonchev–Trinajstić information content (AvgIpc) is 2.79. The molecule has 1 aromatic carbocycles. The third kappa shape index (κ3) is 3.72. The van der Waals surface area contributed by atoms with Crippen LogP contribution in [0.15, 0.2) is 34.8 Å². The number of phenols is 1. The maximum atomic E-state index is 13.5. The van der Waals surface area contributed by atoms with Crippen LogP contribution in [0.1, 0.15) is 47.7 Å². The van der Waals surface area contributed by atoms with Crippen LogP contribution in [0.5, 0.6) is 5.75 Å². The number of aromatic hydroxyl groups is 1. The summed E-state index contributed by atoms with van der Waals surface area (Å²) in [7, 11) is 0. The number of aliphatic hydroxyl groups excluding tert-OH is 2. The van der Waals surface area contributed by atoms with Gasteiger partial charge in [0.25, 0.3) is 5.91 Å². The van der Waals surface area contributed by atoms with Crippen LogP contribution in [-0.4, -0.2) is 56.2 Å². The monoisotopic (exact) mass is 486 g/mol. The molecule has 0 saturated heterocycles. The maximum absolute atomic E-state index is 13.5. The van der Waals surface area contributed by atoms with Gasteiger partial charge in [0, 0.05) is 24.5 Å². The molecule has 3 aliphatic rings. The molecular formula is C24H26N2O9. The zero-order valence-electron chi connectivity index (χ0n) is 19.0. The Morgan fingerprint density at radius 2 is 1.91 bits per heavy atom. The van der Waals surface area contributed by atoms with E-state index in [-0.39, 0.29) is 49.3 Å². The van der Waals surface area contributed by atoms with Crippen molar-refractivity contribution < 1.29 is 44.3 Å². The minimum atomic E-state index is -2.60. The van der Waals surface area contributed by atoms with Crippen LogP contribution in [0.25, 0.3) is 0 Å². The van der Waals surface area contributed by atoms with E-state index in [9.17, 15) is 39.6 Å². The van der Waals surface area contributed by atoms with Gasteiger partial charge in [-0.2, -0.15) is 0 Å². The lowest BCUT2D eigenvalue weighted by atomic mass is 9.60. The summed E-state index contributed by atoms with van der Waals surface area (Å²) in [6.45, 7) is 2.12. The lowest BCUT2D eigenvalue weighted by Crippen LogP contribution is -2.57. The van der Waals surface area contributed by atoms with Gasteiger partial charge in [-0.05, 0) is 42.4 Å². The first-order valence-corrected chi connectivity index (χ1v) is 11.2. The van der Waals surface area contributed by atoms with Gasteiger partial charge in [-0.3, -0.25) is 14.4 Å². The number of ketones is 2. The number of fused-ring (bicyclic) bond motifs is 3. The number of ether oxygens (including phenoxy) is 1. The van der Waals surface area contributed by atoms with Gasteiger partial charge in [0.15, 0.2) is 11.4 Å². The van der Waals surface area contributed by atoms with E-state index in [4.69, 9.17) is 10.5 Å². The number of carbonyl (C=O) groups is 4. The Kier molecular flexibility index (Phi) is 6.05. The predicted octanol–water partition coefficient (Wildman–Crippen LogP) is 1.22. The first kappa shape index (κ1) is 24.3. The van der Waals surface area contributed by atoms with Gasteiger partial charge in [0.05, 0.1) is 12.2 Å². The predicted molar refractivity (Wildman–Crippen MR) is 119 cm³/mol. The van der Waals surface area contributed by atoms with Crippen molar-refractivity contribution in [1.82, 2.24) is 5.32 Å². The highest BCUT2D eigenvalue weighted by molar-refractivity contribution is 6.24. The zero-order chi connectivity index (χ0) is 25.7. The Morgan fingerprint density at radius 1 is 1.20 bits per heavy atom. The number of benzene rings is 1. The Morgan fingerprint density at radius 3 is 2.57 bits per heavy atom. The van der Waals surface area contributed by atoms with Crippen LogP contribution in [-0.2, 0) is 27.3 Å². The van der Waals surface area contributed by atoms with Gasteiger partial charge in [-0.25, -0.2) is 4.79 Å². The fourth-order valence-electron chi connectivity index (χ4n) is 5.26. The van der Waals surface area contributed by atoms with Crippen LogP contribution >= 0.6 is 0 Å². The molecule has 0 heterocycles. The third-order valence-corrected chi connectivity index (χ3v) is 6.90. The molecule has 0 fully saturated rings. The molecule has 11 heteroatoms. The normalized spacial score (nSPS) is 25.5. The standard InChI is InChI=1S/C24H26N2O9/c1-2-5-35-23(33)26-9-10-3-4-14(27)17-13(10)7-11-6-12-8-15(28)18(22(25)32)21(31)24(12,34)20(30)16(11)19(17)29/h3-4,11-12,27-28,30,34H,2,5-9H2,1H3,(H2,25,32)(H,26,33)/t11-,12+,24+/m1/s1. The lowest BCUT2D eigenvalue weighted by molar-refractivity contribution is -0.144. The van der Waals surface area contributed by atoms with Crippen LogP contribution in [0, 0.1) is 11.8 Å². The molecule has 4 rings (SSSR count). The van der Waals surface area contributed by atoms with Gasteiger partial charge < -0.3 is 36.2 Å². The second-order valence-electron chi connectivity index (χ2n) is 9.00. The van der Waals surface area contributed by atoms with E-state index in [0.29, 0.717) is 17.5 Å². The first-order chi connectivity index (χ1) is 16.5. The molecule has 7 N–H and O–H groups in total. The highest BCUT2D eigenvalue weighted by Gasteiger charge is 2.59. The highest BCUT2D eigenvalue weighted by Crippen LogP contribution is 2.51. The van der Waals surface area contributed by atoms with E-state index in [1.54, 1.807) is 6.07 Å². The van der Waals surface area contributed by atoms with Crippen molar-refractivity contribution in [3.8, 4) is 5.75 Å². The Labute approximate surface area is 199 Å². The summed E-state index contributed by atoms with van der Waals surface area (Å²) in [6, 6.07) is 2.84. The second-order valence-corrected chi connectivity index (χ2v) is 9.00. The number of alkyl carbamates (subject to hydrolysis) is 1. The molecule has 0 unspecified atom stereocenters. The molecule has 3 aliphatic carbocycles. The third-order valence-electron chi connectivity index (χ3n) is 6.90. The van der Waals surface area contributed by atoms with E-state index < -0.39 is 58.1 Å². The van der Waals surface area contributed by atoms with E-state index in [2.05, 4.69) is 5.32 Å². The molecule has 35 heavy (non-hydrogen) atoms. The summed E-state index contributed by atoms with van der Waals surface area (Å²) in [6.07, 6.45) is -0.0932. The molecule has 0 aliphatic heterocycles. The number of Topliss-reactive ketones (excluding diaryl/α,β-unsaturated/α-hetero) is 2. The number of nitrogens with two attached hydrogens (primary N) is 1. The number of hydrogen-bond acceptors (Lipinski definition) is 9. The number of phenolic OH excluding ortho intramolecular Hbond substituents is 1. The van der Waals surface area contributed by atoms with Crippen molar-refractivity contribution in [2.45, 2.75) is 44.8 Å². The molecule has 186 valence electrons. The number of aliphatic hydroxyl groups is 3. The number of primary amides is 1. The fourth-order valence-corrected chi connectivity index (χ4v) is 5.26. The van der Waals surface area contributed by atoms with Crippen LogP contribution < -0.4 is 11.1 Å². The average molecular weight is 486 g/mol. The van der Waals surface area contributed by atoms with Gasteiger partial charge >= 0.3 is 6.09 Å². The zero-order valence-corrected chi connectivity index (χ0v) is 19.0. The molecule has 11 nitrogen and oxygen atoms in total. The van der Waals surface area contributed by atoms with Crippen LogP contribution in [0.4, 0.5) is 4.79 Å². The van der Waals surface area contributed by atoms with Gasteiger partial charge in [0.2, 0.25) is 5.78 Å². The van der Waals surface area contributed by atoms with E-state index >= 15 is 0 Å². The molecule has 3 atom stereocenters. The summed E-state index contributed by atoms with van der Waals surface area (Å²) in [4.78, 5) is 50.0. The smallest absolute Gasteiger partial charge is 0.407 e. The quantitative estimate of drug-likeness (QED) is 0.331. The van der Waals surface area contributed by atoms with Gasteiger partial charge in [0.1, 0.15) is 22.8 Å². The second kappa shape index (κ2) is 8.73. The van der Waals surface area contributed by atoms with E-state index in [1.807, 2.05) is 6.92 Å². The molecule has 0 saturated carbocycles. The van der Waals surface area contributed by atoms with E-state index in [0.717, 1.165) is 0 Å². The van der Waals surface area contributed by atoms with Crippen molar-refractivity contribution in [2.75, 3.05) is 6.61 Å². The Hall–Kier alpha value is -3.86. The van der Waals surface area contributed by atoms with Crippen molar-refractivity contribution >= 4 is 23.6 Å². The number of nitrogens with one attached hydrogen (secondary N) is 1. The summed E-state index contributed by atoms with van der Waals surface area (Å²) in [5, 5.41) is 45.5. The summed E-state index contributed by atoms with van der Waals surface area (Å²) < 4.78 is 4.99. The number of carbonyl (C=O) groups excluding carboxylic acids is 4. The maximum Gasteiger partial charge on any atom is 0.407 e. The first-order valence-electron chi connectivity index (χ1n) is 11.2. The van der Waals surface area contributed by atoms with Gasteiger partial charge in [-0.1, -0.05) is 13.0 Å². The van der Waals surface area contributed by atoms with Crippen molar-refractivity contribution in [1.29, 1.82) is 0 Å². The molecule has 0 spiro atoms.